The highest BCUT2D eigenvalue weighted by molar-refractivity contribution is 5.76. The van der Waals surface area contributed by atoms with E-state index in [1.807, 2.05) is 0 Å². The molecule has 3 fully saturated rings. The lowest BCUT2D eigenvalue weighted by Crippen LogP contribution is -2.66. The molecule has 12 N–H and O–H groups in total. The number of aliphatic hydroxyl groups is 11. The van der Waals surface area contributed by atoms with Crippen LogP contribution < -0.4 is 5.32 Å². The Balaban J connectivity index is 1.63. The van der Waals surface area contributed by atoms with Gasteiger partial charge in [0.25, 0.3) is 0 Å². The van der Waals surface area contributed by atoms with Gasteiger partial charge in [-0.1, -0.05) is 95.9 Å². The molecule has 356 valence electrons. The molecule has 19 heteroatoms. The predicted molar refractivity (Wildman–Crippen MR) is 217 cm³/mol. The van der Waals surface area contributed by atoms with Crippen LogP contribution in [0.5, 0.6) is 0 Å². The van der Waals surface area contributed by atoms with Crippen LogP contribution in [0.25, 0.3) is 0 Å². The Kier molecular flexibility index (Phi) is 25.4. The zero-order chi connectivity index (χ0) is 44.9. The van der Waals surface area contributed by atoms with Gasteiger partial charge in [-0.15, -0.1) is 0 Å². The van der Waals surface area contributed by atoms with E-state index in [4.69, 9.17) is 28.4 Å². The lowest BCUT2D eigenvalue weighted by Gasteiger charge is -2.48. The quantitative estimate of drug-likeness (QED) is 0.0328. The number of rotatable bonds is 28. The number of amides is 1. The second-order valence-corrected chi connectivity index (χ2v) is 16.2. The van der Waals surface area contributed by atoms with Gasteiger partial charge in [0.1, 0.15) is 73.2 Å². The third-order valence-corrected chi connectivity index (χ3v) is 11.3. The first-order valence-electron chi connectivity index (χ1n) is 22.1. The Bertz CT molecular complexity index is 1240. The van der Waals surface area contributed by atoms with E-state index in [1.54, 1.807) is 12.2 Å². The van der Waals surface area contributed by atoms with Crippen LogP contribution in [0, 0.1) is 0 Å². The molecule has 0 aromatic rings. The average molecular weight is 882 g/mol. The summed E-state index contributed by atoms with van der Waals surface area (Å²) in [6, 6.07) is -0.979. The van der Waals surface area contributed by atoms with Gasteiger partial charge in [-0.3, -0.25) is 4.79 Å². The van der Waals surface area contributed by atoms with Crippen LogP contribution >= 0.6 is 0 Å². The molecule has 17 unspecified atom stereocenters. The maximum Gasteiger partial charge on any atom is 0.220 e. The van der Waals surface area contributed by atoms with Gasteiger partial charge in [0.2, 0.25) is 5.91 Å². The Morgan fingerprint density at radius 2 is 1.05 bits per heavy atom. The predicted octanol–water partition coefficient (Wildman–Crippen LogP) is -1.09. The fourth-order valence-corrected chi connectivity index (χ4v) is 7.42. The van der Waals surface area contributed by atoms with Crippen LogP contribution in [-0.4, -0.2) is 193 Å². The van der Waals surface area contributed by atoms with E-state index < -0.39 is 124 Å². The molecule has 0 saturated carbocycles. The van der Waals surface area contributed by atoms with Crippen molar-refractivity contribution in [2.75, 3.05) is 26.4 Å². The summed E-state index contributed by atoms with van der Waals surface area (Å²) in [5.74, 6) is -0.298. The summed E-state index contributed by atoms with van der Waals surface area (Å²) in [5.41, 5.74) is 0. The highest BCUT2D eigenvalue weighted by Crippen LogP contribution is 2.33. The molecular formula is C42H75NO18. The third kappa shape index (κ3) is 16.6. The fraction of sp³-hybridized carbons (Fsp3) is 0.881. The Morgan fingerprint density at radius 1 is 0.574 bits per heavy atom. The Labute approximate surface area is 358 Å². The smallest absolute Gasteiger partial charge is 0.220 e. The maximum atomic E-state index is 13.0. The molecule has 0 aliphatic carbocycles. The Morgan fingerprint density at radius 3 is 1.62 bits per heavy atom. The minimum atomic E-state index is -1.97. The number of hydrogen-bond donors (Lipinski definition) is 12. The molecule has 0 aromatic heterocycles. The molecule has 3 saturated heterocycles. The SMILES string of the molecule is CCCC/C=C/CC/C=C/C(O)C(COC1OC(CO)C(OC2OC(CO)C(OC3OC(CO)C(O)C(O)C3O)C(O)C2O)C(O)C1O)NC(=O)CCCCCCCCCC. The molecule has 3 heterocycles. The summed E-state index contributed by atoms with van der Waals surface area (Å²) in [6.45, 7) is 1.50. The Hall–Kier alpha value is -1.73. The molecule has 0 spiro atoms. The number of unbranched alkanes of at least 4 members (excludes halogenated alkanes) is 10. The van der Waals surface area contributed by atoms with Gasteiger partial charge in [-0.2, -0.15) is 0 Å². The van der Waals surface area contributed by atoms with Crippen molar-refractivity contribution in [2.24, 2.45) is 0 Å². The second kappa shape index (κ2) is 28.9. The first kappa shape index (κ1) is 53.6. The van der Waals surface area contributed by atoms with E-state index in [1.165, 1.54) is 19.3 Å². The molecule has 17 atom stereocenters. The summed E-state index contributed by atoms with van der Waals surface area (Å²) in [6.07, 6.45) is -5.98. The summed E-state index contributed by atoms with van der Waals surface area (Å²) >= 11 is 0. The van der Waals surface area contributed by atoms with E-state index in [2.05, 4.69) is 31.3 Å². The molecule has 0 aromatic carbocycles. The van der Waals surface area contributed by atoms with Crippen molar-refractivity contribution in [3.05, 3.63) is 24.3 Å². The van der Waals surface area contributed by atoms with Crippen LogP contribution in [0.2, 0.25) is 0 Å². The monoisotopic (exact) mass is 881 g/mol. The zero-order valence-electron chi connectivity index (χ0n) is 35.6. The van der Waals surface area contributed by atoms with Crippen LogP contribution in [-0.2, 0) is 33.2 Å². The highest BCUT2D eigenvalue weighted by Gasteiger charge is 2.53. The van der Waals surface area contributed by atoms with Gasteiger partial charge in [-0.25, -0.2) is 0 Å². The second-order valence-electron chi connectivity index (χ2n) is 16.2. The van der Waals surface area contributed by atoms with Crippen LogP contribution in [0.1, 0.15) is 104 Å². The lowest BCUT2D eigenvalue weighted by atomic mass is 9.96. The average Bonchev–Trinajstić information content (AvgIpc) is 3.25. The van der Waals surface area contributed by atoms with Crippen LogP contribution in [0.3, 0.4) is 0 Å². The maximum absolute atomic E-state index is 13.0. The normalized spacial score (nSPS) is 35.8. The standard InChI is InChI=1S/C42H75NO18/c1-3-5-7-9-11-13-15-17-19-26(47)25(43-30(48)20-18-16-14-12-10-8-6-4-2)24-56-40-36(54)33(51)38(28(22-45)58-40)61-42-37(55)34(52)39(29(23-46)59-42)60-41-35(53)32(50)31(49)27(21-44)57-41/h9,11,17,19,25-29,31-42,44-47,49-55H,3-8,10,12-16,18,20-24H2,1-2H3,(H,43,48)/b11-9+,19-17+. The summed E-state index contributed by atoms with van der Waals surface area (Å²) in [5, 5.41) is 119. The van der Waals surface area contributed by atoms with E-state index in [0.29, 0.717) is 12.8 Å². The van der Waals surface area contributed by atoms with Crippen molar-refractivity contribution in [3.63, 3.8) is 0 Å². The van der Waals surface area contributed by atoms with Gasteiger partial charge >= 0.3 is 0 Å². The first-order valence-corrected chi connectivity index (χ1v) is 22.1. The van der Waals surface area contributed by atoms with Crippen molar-refractivity contribution in [1.82, 2.24) is 5.32 Å². The number of hydrogen-bond acceptors (Lipinski definition) is 18. The molecule has 0 bridgehead atoms. The van der Waals surface area contributed by atoms with Crippen molar-refractivity contribution in [2.45, 2.75) is 208 Å². The van der Waals surface area contributed by atoms with Crippen molar-refractivity contribution in [3.8, 4) is 0 Å². The molecular weight excluding hydrogens is 806 g/mol. The number of nitrogens with one attached hydrogen (secondary N) is 1. The highest BCUT2D eigenvalue weighted by atomic mass is 16.8. The number of allylic oxidation sites excluding steroid dienone is 3. The zero-order valence-corrected chi connectivity index (χ0v) is 35.6. The van der Waals surface area contributed by atoms with Crippen LogP contribution in [0.4, 0.5) is 0 Å². The molecule has 19 nitrogen and oxygen atoms in total. The van der Waals surface area contributed by atoms with Gasteiger partial charge < -0.3 is 89.9 Å². The molecule has 1 amide bonds. The van der Waals surface area contributed by atoms with E-state index in [0.717, 1.165) is 51.4 Å². The van der Waals surface area contributed by atoms with Gasteiger partial charge in [0, 0.05) is 6.42 Å². The molecule has 61 heavy (non-hydrogen) atoms. The first-order chi connectivity index (χ1) is 29.3. The molecule has 0 radical (unpaired) electrons. The van der Waals surface area contributed by atoms with Crippen molar-refractivity contribution >= 4 is 5.91 Å². The lowest BCUT2D eigenvalue weighted by molar-refractivity contribution is -0.379. The van der Waals surface area contributed by atoms with E-state index >= 15 is 0 Å². The molecule has 3 aliphatic heterocycles. The van der Waals surface area contributed by atoms with Crippen molar-refractivity contribution < 1.29 is 89.4 Å². The van der Waals surface area contributed by atoms with Gasteiger partial charge in [0.15, 0.2) is 18.9 Å². The number of ether oxygens (including phenoxy) is 6. The van der Waals surface area contributed by atoms with E-state index in [9.17, 15) is 61.0 Å². The summed E-state index contributed by atoms with van der Waals surface area (Å²) < 4.78 is 33.9. The molecule has 3 rings (SSSR count). The minimum Gasteiger partial charge on any atom is -0.394 e. The number of carbonyl (C=O) groups is 1. The topological polar surface area (TPSA) is 307 Å². The third-order valence-electron chi connectivity index (χ3n) is 11.3. The van der Waals surface area contributed by atoms with Crippen LogP contribution in [0.15, 0.2) is 24.3 Å². The summed E-state index contributed by atoms with van der Waals surface area (Å²) in [7, 11) is 0. The largest absolute Gasteiger partial charge is 0.394 e. The summed E-state index contributed by atoms with van der Waals surface area (Å²) in [4.78, 5) is 13.0. The molecule has 3 aliphatic rings. The van der Waals surface area contributed by atoms with Gasteiger partial charge in [0.05, 0.1) is 38.6 Å². The minimum absolute atomic E-state index is 0.235. The van der Waals surface area contributed by atoms with Gasteiger partial charge in [-0.05, 0) is 25.7 Å². The van der Waals surface area contributed by atoms with Crippen molar-refractivity contribution in [1.29, 1.82) is 0 Å². The number of carbonyl (C=O) groups excluding carboxylic acids is 1. The number of aliphatic hydroxyl groups excluding tert-OH is 11. The fourth-order valence-electron chi connectivity index (χ4n) is 7.42. The van der Waals surface area contributed by atoms with E-state index in [-0.39, 0.29) is 18.9 Å².